The van der Waals surface area contributed by atoms with Crippen molar-refractivity contribution in [1.82, 2.24) is 14.8 Å². The van der Waals surface area contributed by atoms with Crippen molar-refractivity contribution < 1.29 is 9.59 Å². The second-order valence-electron chi connectivity index (χ2n) is 8.88. The van der Waals surface area contributed by atoms with E-state index in [1.165, 1.54) is 32.1 Å². The first-order valence-electron chi connectivity index (χ1n) is 11.6. The summed E-state index contributed by atoms with van der Waals surface area (Å²) in [5, 5.41) is 0. The van der Waals surface area contributed by atoms with Crippen LogP contribution in [0.2, 0.25) is 0 Å². The van der Waals surface area contributed by atoms with E-state index in [-0.39, 0.29) is 24.3 Å². The molecule has 0 spiro atoms. The summed E-state index contributed by atoms with van der Waals surface area (Å²) in [6.45, 7) is 3.46. The number of anilines is 1. The highest BCUT2D eigenvalue weighted by atomic mass is 16.2. The summed E-state index contributed by atoms with van der Waals surface area (Å²) < 4.78 is 0. The molecule has 2 amide bonds. The Balaban J connectivity index is 1.30. The number of piperazine rings is 1. The van der Waals surface area contributed by atoms with Gasteiger partial charge in [-0.15, -0.1) is 0 Å². The second kappa shape index (κ2) is 8.79. The lowest BCUT2D eigenvalue weighted by atomic mass is 9.94. The van der Waals surface area contributed by atoms with Crippen LogP contribution >= 0.6 is 0 Å². The Bertz CT molecular complexity index is 934. The molecule has 6 heteroatoms. The molecular formula is C25H30N4O2. The van der Waals surface area contributed by atoms with E-state index in [0.717, 1.165) is 31.9 Å². The first kappa shape index (κ1) is 20.2. The number of fused-ring (bicyclic) bond motifs is 1. The van der Waals surface area contributed by atoms with Crippen LogP contribution in [0.5, 0.6) is 0 Å². The minimum Gasteiger partial charge on any atom is -0.340 e. The molecule has 1 saturated carbocycles. The fourth-order valence-corrected chi connectivity index (χ4v) is 5.41. The number of para-hydroxylation sites is 1. The third-order valence-corrected chi connectivity index (χ3v) is 7.08. The monoisotopic (exact) mass is 418 g/mol. The summed E-state index contributed by atoms with van der Waals surface area (Å²) in [6.07, 6.45) is 8.61. The molecule has 6 nitrogen and oxygen atoms in total. The van der Waals surface area contributed by atoms with E-state index >= 15 is 0 Å². The first-order valence-corrected chi connectivity index (χ1v) is 11.6. The molecule has 1 atom stereocenters. The molecule has 3 aliphatic rings. The molecule has 0 radical (unpaired) electrons. The number of hydrogen-bond donors (Lipinski definition) is 0. The Morgan fingerprint density at radius 2 is 1.68 bits per heavy atom. The van der Waals surface area contributed by atoms with E-state index in [1.807, 2.05) is 41.3 Å². The third kappa shape index (κ3) is 3.97. The maximum Gasteiger partial charge on any atom is 0.260 e. The number of carbonyl (C=O) groups is 2. The normalized spacial score (nSPS) is 22.6. The Morgan fingerprint density at radius 3 is 2.42 bits per heavy atom. The number of aromatic nitrogens is 1. The Labute approximate surface area is 183 Å². The summed E-state index contributed by atoms with van der Waals surface area (Å²) in [6, 6.07) is 13.6. The molecule has 0 N–H and O–H groups in total. The van der Waals surface area contributed by atoms with Crippen molar-refractivity contribution >= 4 is 17.5 Å². The molecular weight excluding hydrogens is 388 g/mol. The maximum absolute atomic E-state index is 13.3. The third-order valence-electron chi connectivity index (χ3n) is 7.08. The second-order valence-corrected chi connectivity index (χ2v) is 8.88. The van der Waals surface area contributed by atoms with E-state index in [9.17, 15) is 9.59 Å². The fourth-order valence-electron chi connectivity index (χ4n) is 5.41. The van der Waals surface area contributed by atoms with E-state index in [2.05, 4.69) is 9.88 Å². The van der Waals surface area contributed by atoms with Gasteiger partial charge in [0.25, 0.3) is 5.91 Å². The Kier molecular flexibility index (Phi) is 5.72. The molecule has 0 bridgehead atoms. The summed E-state index contributed by atoms with van der Waals surface area (Å²) in [5.41, 5.74) is 2.13. The van der Waals surface area contributed by atoms with Crippen LogP contribution in [0.1, 0.15) is 60.6 Å². The van der Waals surface area contributed by atoms with E-state index < -0.39 is 0 Å². The molecule has 1 aromatic heterocycles. The van der Waals surface area contributed by atoms with Crippen molar-refractivity contribution in [2.75, 3.05) is 31.1 Å². The summed E-state index contributed by atoms with van der Waals surface area (Å²) in [4.78, 5) is 37.2. The topological polar surface area (TPSA) is 56.8 Å². The highest BCUT2D eigenvalue weighted by Gasteiger charge is 2.41. The molecule has 1 aromatic carbocycles. The van der Waals surface area contributed by atoms with E-state index in [0.29, 0.717) is 17.3 Å². The van der Waals surface area contributed by atoms with Gasteiger partial charge < -0.3 is 4.90 Å². The number of amides is 2. The minimum atomic E-state index is -0.352. The number of nitrogens with zero attached hydrogens (tertiary/aromatic N) is 4. The lowest BCUT2D eigenvalue weighted by molar-refractivity contribution is -0.133. The molecule has 3 heterocycles. The Morgan fingerprint density at radius 1 is 0.935 bits per heavy atom. The predicted molar refractivity (Wildman–Crippen MR) is 120 cm³/mol. The van der Waals surface area contributed by atoms with Gasteiger partial charge in [-0.3, -0.25) is 24.4 Å². The van der Waals surface area contributed by atoms with Gasteiger partial charge in [-0.2, -0.15) is 0 Å². The molecule has 1 aliphatic carbocycles. The van der Waals surface area contributed by atoms with Crippen LogP contribution in [0.4, 0.5) is 5.69 Å². The van der Waals surface area contributed by atoms with Crippen molar-refractivity contribution in [3.63, 3.8) is 0 Å². The van der Waals surface area contributed by atoms with E-state index in [4.69, 9.17) is 0 Å². The van der Waals surface area contributed by atoms with Gasteiger partial charge in [-0.25, -0.2) is 0 Å². The zero-order valence-corrected chi connectivity index (χ0v) is 17.9. The van der Waals surface area contributed by atoms with Gasteiger partial charge in [0.15, 0.2) is 0 Å². The van der Waals surface area contributed by atoms with Crippen LogP contribution < -0.4 is 4.90 Å². The van der Waals surface area contributed by atoms with Gasteiger partial charge in [0, 0.05) is 44.1 Å². The Hall–Kier alpha value is -2.73. The van der Waals surface area contributed by atoms with Gasteiger partial charge in [-0.1, -0.05) is 37.5 Å². The molecule has 2 fully saturated rings. The van der Waals surface area contributed by atoms with Crippen LogP contribution in [-0.4, -0.2) is 58.8 Å². The van der Waals surface area contributed by atoms with Crippen LogP contribution in [0.15, 0.2) is 48.7 Å². The highest BCUT2D eigenvalue weighted by Crippen LogP contribution is 2.38. The average molecular weight is 419 g/mol. The van der Waals surface area contributed by atoms with Crippen molar-refractivity contribution in [2.45, 2.75) is 50.6 Å². The zero-order valence-electron chi connectivity index (χ0n) is 17.9. The van der Waals surface area contributed by atoms with Gasteiger partial charge >= 0.3 is 0 Å². The van der Waals surface area contributed by atoms with Gasteiger partial charge in [0.2, 0.25) is 5.91 Å². The highest BCUT2D eigenvalue weighted by molar-refractivity contribution is 6.11. The van der Waals surface area contributed by atoms with Crippen LogP contribution in [0, 0.1) is 0 Å². The number of hydrogen-bond acceptors (Lipinski definition) is 4. The summed E-state index contributed by atoms with van der Waals surface area (Å²) >= 11 is 0. The first-order chi connectivity index (χ1) is 15.2. The number of rotatable bonds is 4. The quantitative estimate of drug-likeness (QED) is 0.761. The lowest BCUT2D eigenvalue weighted by Gasteiger charge is -2.41. The van der Waals surface area contributed by atoms with Crippen molar-refractivity contribution in [3.05, 3.63) is 59.9 Å². The average Bonchev–Trinajstić information content (AvgIpc) is 3.12. The molecule has 162 valence electrons. The van der Waals surface area contributed by atoms with Crippen LogP contribution in [0.3, 0.4) is 0 Å². The summed E-state index contributed by atoms with van der Waals surface area (Å²) in [5.74, 6) is 0.0368. The van der Waals surface area contributed by atoms with E-state index in [1.54, 1.807) is 17.2 Å². The molecule has 1 saturated heterocycles. The zero-order chi connectivity index (χ0) is 21.2. The van der Waals surface area contributed by atoms with Crippen molar-refractivity contribution in [1.29, 1.82) is 0 Å². The molecule has 2 aliphatic heterocycles. The fraction of sp³-hybridized carbons (Fsp3) is 0.480. The van der Waals surface area contributed by atoms with Crippen LogP contribution in [-0.2, 0) is 4.79 Å². The largest absolute Gasteiger partial charge is 0.340 e. The van der Waals surface area contributed by atoms with Crippen molar-refractivity contribution in [2.24, 2.45) is 0 Å². The number of carbonyl (C=O) groups excluding carboxylic acids is 2. The minimum absolute atomic E-state index is 0.0748. The standard InChI is InChI=1S/C25H30N4O2/c30-23(28-16-14-27(15-17-28)19-8-3-1-4-9-19)18-22-24-21(12-7-13-26-24)25(31)29(22)20-10-5-2-6-11-20/h2,5-7,10-13,19,22H,1,3-4,8-9,14-18H2/t22-/m0/s1. The number of benzene rings is 1. The molecule has 5 rings (SSSR count). The summed E-state index contributed by atoms with van der Waals surface area (Å²) in [7, 11) is 0. The van der Waals surface area contributed by atoms with Crippen molar-refractivity contribution in [3.8, 4) is 0 Å². The molecule has 2 aromatic rings. The molecule has 31 heavy (non-hydrogen) atoms. The number of pyridine rings is 1. The van der Waals surface area contributed by atoms with Gasteiger partial charge in [-0.05, 0) is 37.1 Å². The molecule has 0 unspecified atom stereocenters. The maximum atomic E-state index is 13.3. The predicted octanol–water partition coefficient (Wildman–Crippen LogP) is 3.65. The van der Waals surface area contributed by atoms with Crippen LogP contribution in [0.25, 0.3) is 0 Å². The smallest absolute Gasteiger partial charge is 0.260 e. The lowest BCUT2D eigenvalue weighted by Crippen LogP contribution is -2.52. The van der Waals surface area contributed by atoms with Gasteiger partial charge in [0.1, 0.15) is 0 Å². The van der Waals surface area contributed by atoms with Gasteiger partial charge in [0.05, 0.1) is 23.7 Å². The SMILES string of the molecule is O=C(C[C@H]1c2ncccc2C(=O)N1c1ccccc1)N1CCN(C2CCCCC2)CC1.